The average Bonchev–Trinajstić information content (AvgIpc) is 3.66. The molecule has 3 N–H and O–H groups in total. The Morgan fingerprint density at radius 3 is 2.54 bits per heavy atom. The highest BCUT2D eigenvalue weighted by molar-refractivity contribution is 7.90. The second-order valence-corrected chi connectivity index (χ2v) is 20.4. The Morgan fingerprint density at radius 1 is 0.985 bits per heavy atom. The van der Waals surface area contributed by atoms with Crippen LogP contribution in [0.2, 0.25) is 5.02 Å². The molecule has 3 aliphatic heterocycles. The van der Waals surface area contributed by atoms with Crippen LogP contribution in [0.15, 0.2) is 89.5 Å². The Bertz CT molecular complexity index is 2730. The van der Waals surface area contributed by atoms with Gasteiger partial charge in [0, 0.05) is 88.1 Å². The Morgan fingerprint density at radius 2 is 1.77 bits per heavy atom. The van der Waals surface area contributed by atoms with Crippen molar-refractivity contribution in [1.29, 1.82) is 0 Å². The fourth-order valence-corrected chi connectivity index (χ4v) is 10.6. The first kappa shape index (κ1) is 44.5. The molecule has 0 atom stereocenters. The molecule has 0 saturated carbocycles. The molecule has 2 fully saturated rings. The molecule has 17 heteroatoms. The van der Waals surface area contributed by atoms with Crippen LogP contribution in [-0.4, -0.2) is 99.8 Å². The number of aromatic nitrogens is 2. The number of carbonyl (C=O) groups is 1. The minimum Gasteiger partial charge on any atom is -0.490 e. The van der Waals surface area contributed by atoms with Gasteiger partial charge in [0.15, 0.2) is 11.6 Å². The number of ether oxygens (including phenoxy) is 2. The van der Waals surface area contributed by atoms with E-state index in [4.69, 9.17) is 26.1 Å². The van der Waals surface area contributed by atoms with Crippen LogP contribution >= 0.6 is 11.6 Å². The lowest BCUT2D eigenvalue weighted by Crippen LogP contribution is -2.47. The number of pyridine rings is 1. The minimum atomic E-state index is -4.57. The predicted octanol–water partition coefficient (Wildman–Crippen LogP) is 8.79. The summed E-state index contributed by atoms with van der Waals surface area (Å²) in [6.45, 7) is 11.3. The molecule has 2 aromatic heterocycles. The van der Waals surface area contributed by atoms with Gasteiger partial charge >= 0.3 is 0 Å². The van der Waals surface area contributed by atoms with E-state index in [1.165, 1.54) is 28.8 Å². The first-order valence-electron chi connectivity index (χ1n) is 22.4. The van der Waals surface area contributed by atoms with Gasteiger partial charge in [-0.15, -0.1) is 0 Å². The van der Waals surface area contributed by atoms with Gasteiger partial charge in [-0.25, -0.2) is 18.1 Å². The summed E-state index contributed by atoms with van der Waals surface area (Å²) in [5, 5.41) is 16.1. The van der Waals surface area contributed by atoms with E-state index in [1.54, 1.807) is 12.3 Å². The number of fused-ring (bicyclic) bond motifs is 2. The van der Waals surface area contributed by atoms with Gasteiger partial charge < -0.3 is 29.6 Å². The largest absolute Gasteiger partial charge is 0.490 e. The molecule has 15 nitrogen and oxygen atoms in total. The maximum absolute atomic E-state index is 14.4. The number of nitro groups is 1. The molecule has 0 spiro atoms. The van der Waals surface area contributed by atoms with Crippen LogP contribution in [0.3, 0.4) is 0 Å². The Hall–Kier alpha value is -5.68. The van der Waals surface area contributed by atoms with Crippen LogP contribution in [0.25, 0.3) is 16.6 Å². The second kappa shape index (κ2) is 18.7. The van der Waals surface area contributed by atoms with Gasteiger partial charge in [0.2, 0.25) is 0 Å². The van der Waals surface area contributed by atoms with Crippen molar-refractivity contribution in [3.8, 4) is 5.75 Å². The van der Waals surface area contributed by atoms with Gasteiger partial charge in [0.25, 0.3) is 21.6 Å². The summed E-state index contributed by atoms with van der Waals surface area (Å²) in [7, 11) is -4.57. The van der Waals surface area contributed by atoms with Gasteiger partial charge in [-0.1, -0.05) is 43.2 Å². The van der Waals surface area contributed by atoms with Crippen molar-refractivity contribution in [1.82, 2.24) is 19.6 Å². The van der Waals surface area contributed by atoms with E-state index >= 15 is 0 Å². The number of carbonyl (C=O) groups excluding carboxylic acids is 1. The molecule has 3 aromatic carbocycles. The number of nitro benzene ring substituents is 1. The first-order valence-corrected chi connectivity index (χ1v) is 24.3. The van der Waals surface area contributed by atoms with Crippen molar-refractivity contribution in [2.75, 3.05) is 80.8 Å². The molecule has 1 amide bonds. The summed E-state index contributed by atoms with van der Waals surface area (Å²) in [5.41, 5.74) is 7.12. The lowest BCUT2D eigenvalue weighted by atomic mass is 9.72. The second-order valence-electron chi connectivity index (χ2n) is 18.3. The molecule has 2 saturated heterocycles. The van der Waals surface area contributed by atoms with Crippen LogP contribution in [0, 0.1) is 21.4 Å². The number of benzene rings is 3. The maximum atomic E-state index is 14.4. The number of nitrogens with zero attached hydrogens (tertiary/aromatic N) is 5. The number of amides is 1. The van der Waals surface area contributed by atoms with E-state index in [0.29, 0.717) is 62.1 Å². The van der Waals surface area contributed by atoms with Gasteiger partial charge in [0.05, 0.1) is 38.7 Å². The third-order valence-electron chi connectivity index (χ3n) is 13.2. The molecule has 65 heavy (non-hydrogen) atoms. The number of allylic oxidation sites excluding steroid dienone is 1. The molecular weight excluding hydrogens is 868 g/mol. The zero-order chi connectivity index (χ0) is 45.3. The molecule has 5 aromatic rings. The molecule has 5 heterocycles. The summed E-state index contributed by atoms with van der Waals surface area (Å²) in [4.78, 5) is 40.4. The van der Waals surface area contributed by atoms with Crippen molar-refractivity contribution in [3.05, 3.63) is 111 Å². The number of sulfonamides is 1. The molecular formula is C48H55ClN8O7S. The van der Waals surface area contributed by atoms with Crippen LogP contribution in [-0.2, 0) is 14.8 Å². The number of rotatable bonds is 12. The van der Waals surface area contributed by atoms with Gasteiger partial charge in [-0.3, -0.25) is 19.8 Å². The predicted molar refractivity (Wildman–Crippen MR) is 254 cm³/mol. The van der Waals surface area contributed by atoms with Gasteiger partial charge in [-0.05, 0) is 110 Å². The monoisotopic (exact) mass is 922 g/mol. The highest BCUT2D eigenvalue weighted by atomic mass is 35.5. The zero-order valence-corrected chi connectivity index (χ0v) is 38.3. The van der Waals surface area contributed by atoms with E-state index in [2.05, 4.69) is 50.8 Å². The summed E-state index contributed by atoms with van der Waals surface area (Å²) in [6.07, 6.45) is 7.26. The number of halogens is 1. The molecule has 4 aliphatic rings. The van der Waals surface area contributed by atoms with Crippen molar-refractivity contribution in [3.63, 3.8) is 0 Å². The lowest BCUT2D eigenvalue weighted by molar-refractivity contribution is -0.384. The summed E-state index contributed by atoms with van der Waals surface area (Å²) in [6, 6.07) is 21.0. The number of hydrogen-bond acceptors (Lipinski definition) is 12. The highest BCUT2D eigenvalue weighted by Gasteiger charge is 2.32. The smallest absolute Gasteiger partial charge is 0.293 e. The number of hydrogen-bond donors (Lipinski definition) is 3. The molecule has 0 bridgehead atoms. The van der Waals surface area contributed by atoms with Gasteiger partial charge in [-0.2, -0.15) is 0 Å². The Kier molecular flexibility index (Phi) is 12.8. The van der Waals surface area contributed by atoms with E-state index in [1.807, 2.05) is 41.3 Å². The fraction of sp³-hybridized carbons (Fsp3) is 0.417. The topological polar surface area (TPSA) is 175 Å². The van der Waals surface area contributed by atoms with Crippen LogP contribution in [0.5, 0.6) is 5.75 Å². The standard InChI is InChI=1S/C48H55ClN8O7S/c1-48(2)16-12-34(39(29-48)33-4-6-35(49)7-5-33)31-54-19-21-55(22-20-54)36-8-10-38(43(26-36)56-18-3-23-64-45-28-42-40(13-17-50-42)52-46(45)56)47(58)53-65(61,62)37-9-11-41(44(27-37)57(59)60)51-30-32-14-24-63-25-15-32/h4-11,13,17,26-28,32,50-51H,3,12,14-16,18-25,29-31H2,1-2H3,(H,53,58). The van der Waals surface area contributed by atoms with Crippen molar-refractivity contribution in [2.45, 2.75) is 57.3 Å². The number of H-pyrrole nitrogens is 1. The van der Waals surface area contributed by atoms with E-state index in [-0.39, 0.29) is 22.6 Å². The van der Waals surface area contributed by atoms with E-state index in [0.717, 1.165) is 87.1 Å². The van der Waals surface area contributed by atoms with Crippen LogP contribution in [0.1, 0.15) is 68.3 Å². The number of anilines is 4. The molecule has 0 radical (unpaired) electrons. The minimum absolute atomic E-state index is 0.103. The highest BCUT2D eigenvalue weighted by Crippen LogP contribution is 2.44. The summed E-state index contributed by atoms with van der Waals surface area (Å²) in [5.74, 6) is 0.436. The number of aromatic amines is 1. The maximum Gasteiger partial charge on any atom is 0.293 e. The Labute approximate surface area is 384 Å². The Balaban J connectivity index is 0.986. The number of nitrogens with one attached hydrogen (secondary N) is 3. The van der Waals surface area contributed by atoms with E-state index < -0.39 is 31.4 Å². The van der Waals surface area contributed by atoms with Crippen molar-refractivity contribution < 1.29 is 27.6 Å². The summed E-state index contributed by atoms with van der Waals surface area (Å²) >= 11 is 6.27. The van der Waals surface area contributed by atoms with Crippen LogP contribution in [0.4, 0.5) is 28.6 Å². The lowest BCUT2D eigenvalue weighted by Gasteiger charge is -2.39. The van der Waals surface area contributed by atoms with E-state index in [9.17, 15) is 23.3 Å². The van der Waals surface area contributed by atoms with Crippen LogP contribution < -0.4 is 24.6 Å². The van der Waals surface area contributed by atoms with Gasteiger partial charge in [0.1, 0.15) is 5.69 Å². The normalized spacial score (nSPS) is 18.5. The quantitative estimate of drug-likeness (QED) is 0.0803. The molecule has 9 rings (SSSR count). The van der Waals surface area contributed by atoms with Crippen molar-refractivity contribution >= 4 is 72.7 Å². The fourth-order valence-electron chi connectivity index (χ4n) is 9.45. The molecule has 342 valence electrons. The third kappa shape index (κ3) is 9.95. The number of piperazine rings is 1. The average molecular weight is 924 g/mol. The third-order valence-corrected chi connectivity index (χ3v) is 14.8. The molecule has 0 unspecified atom stereocenters. The zero-order valence-electron chi connectivity index (χ0n) is 36.8. The molecule has 1 aliphatic carbocycles. The first-order chi connectivity index (χ1) is 31.3. The summed E-state index contributed by atoms with van der Waals surface area (Å²) < 4.78 is 41.7. The SMILES string of the molecule is CC1(C)CCC(CN2CCN(c3ccc(C(=O)NS(=O)(=O)c4ccc(NCC5CCOCC5)c([N+](=O)[O-])c4)c(N4CCCOc5cc6[nH]ccc6nc54)c3)CC2)=C(c2ccc(Cl)cc2)C1. The van der Waals surface area contributed by atoms with Crippen molar-refractivity contribution in [2.24, 2.45) is 11.3 Å².